The highest BCUT2D eigenvalue weighted by molar-refractivity contribution is 14.1. The first-order valence-electron chi connectivity index (χ1n) is 10.1. The largest absolute Gasteiger partial charge is 0.490 e. The Kier molecular flexibility index (Phi) is 8.78. The molecule has 0 saturated heterocycles. The lowest BCUT2D eigenvalue weighted by Crippen LogP contribution is -2.19. The van der Waals surface area contributed by atoms with Crippen LogP contribution in [0.4, 0.5) is 4.39 Å². The summed E-state index contributed by atoms with van der Waals surface area (Å²) in [4.78, 5) is 12.1. The number of carbonyl (C=O) groups is 1. The van der Waals surface area contributed by atoms with Crippen molar-refractivity contribution in [1.82, 2.24) is 5.43 Å². The van der Waals surface area contributed by atoms with Crippen molar-refractivity contribution >= 4 is 34.7 Å². The summed E-state index contributed by atoms with van der Waals surface area (Å²) in [6.07, 6.45) is 1.61. The summed E-state index contributed by atoms with van der Waals surface area (Å²) in [7, 11) is 0. The Morgan fingerprint density at radius 3 is 2.67 bits per heavy atom. The van der Waals surface area contributed by atoms with E-state index in [1.807, 2.05) is 31.2 Å². The lowest BCUT2D eigenvalue weighted by atomic mass is 10.1. The molecule has 168 valence electrons. The Balaban J connectivity index is 1.68. The van der Waals surface area contributed by atoms with E-state index in [1.165, 1.54) is 18.3 Å². The molecule has 6 nitrogen and oxygen atoms in total. The smallest absolute Gasteiger partial charge is 0.244 e. The van der Waals surface area contributed by atoms with Crippen LogP contribution in [0, 0.1) is 20.7 Å². The monoisotopic (exact) mass is 557 g/mol. The van der Waals surface area contributed by atoms with E-state index in [2.05, 4.69) is 39.2 Å². The summed E-state index contributed by atoms with van der Waals surface area (Å²) >= 11 is 2.15. The minimum Gasteiger partial charge on any atom is -0.490 e. The Labute approximate surface area is 205 Å². The van der Waals surface area contributed by atoms with Crippen molar-refractivity contribution in [2.45, 2.75) is 20.0 Å². The normalized spacial score (nSPS) is 10.6. The number of ether oxygens (including phenoxy) is 2. The van der Waals surface area contributed by atoms with Gasteiger partial charge in [-0.25, -0.2) is 9.82 Å². The molecule has 0 saturated carbocycles. The van der Waals surface area contributed by atoms with Gasteiger partial charge in [0.15, 0.2) is 11.5 Å². The molecular formula is C25H21FIN3O3. The molecule has 3 aromatic carbocycles. The van der Waals surface area contributed by atoms with Crippen molar-refractivity contribution in [1.29, 1.82) is 5.26 Å². The molecule has 3 rings (SSSR count). The Morgan fingerprint density at radius 1 is 1.18 bits per heavy atom. The first-order valence-corrected chi connectivity index (χ1v) is 11.2. The number of carbonyl (C=O) groups excluding carboxylic acids is 1. The van der Waals surface area contributed by atoms with Gasteiger partial charge in [-0.1, -0.05) is 30.3 Å². The van der Waals surface area contributed by atoms with Crippen LogP contribution in [-0.2, 0) is 17.8 Å². The fraction of sp³-hybridized carbons (Fsp3) is 0.160. The lowest BCUT2D eigenvalue weighted by Gasteiger charge is -2.15. The van der Waals surface area contributed by atoms with Gasteiger partial charge >= 0.3 is 0 Å². The minimum absolute atomic E-state index is 0.0936. The highest BCUT2D eigenvalue weighted by atomic mass is 127. The van der Waals surface area contributed by atoms with Gasteiger partial charge in [-0.3, -0.25) is 4.79 Å². The number of hydrogen-bond donors (Lipinski definition) is 1. The molecule has 0 heterocycles. The average Bonchev–Trinajstić information content (AvgIpc) is 2.80. The molecular weight excluding hydrogens is 536 g/mol. The number of benzene rings is 3. The van der Waals surface area contributed by atoms with E-state index < -0.39 is 0 Å². The number of nitriles is 1. The molecule has 0 bridgehead atoms. The van der Waals surface area contributed by atoms with Crippen LogP contribution in [0.15, 0.2) is 65.8 Å². The quantitative estimate of drug-likeness (QED) is 0.229. The molecule has 3 aromatic rings. The molecule has 0 aliphatic carbocycles. The molecule has 0 unspecified atom stereocenters. The van der Waals surface area contributed by atoms with E-state index in [9.17, 15) is 14.4 Å². The van der Waals surface area contributed by atoms with E-state index in [0.29, 0.717) is 29.2 Å². The van der Waals surface area contributed by atoms with E-state index in [-0.39, 0.29) is 24.8 Å². The predicted molar refractivity (Wildman–Crippen MR) is 132 cm³/mol. The summed E-state index contributed by atoms with van der Waals surface area (Å²) in [5.74, 6) is 0.452. The van der Waals surface area contributed by atoms with Crippen molar-refractivity contribution in [2.75, 3.05) is 6.61 Å². The highest BCUT2D eigenvalue weighted by Gasteiger charge is 2.13. The summed E-state index contributed by atoms with van der Waals surface area (Å²) in [6, 6.07) is 18.8. The molecule has 0 aliphatic rings. The highest BCUT2D eigenvalue weighted by Crippen LogP contribution is 2.34. The van der Waals surface area contributed by atoms with Crippen LogP contribution in [-0.4, -0.2) is 18.7 Å². The fourth-order valence-electron chi connectivity index (χ4n) is 2.98. The minimum atomic E-state index is -0.349. The van der Waals surface area contributed by atoms with Gasteiger partial charge in [0.1, 0.15) is 12.4 Å². The van der Waals surface area contributed by atoms with Crippen LogP contribution >= 0.6 is 22.6 Å². The fourth-order valence-corrected chi connectivity index (χ4v) is 3.76. The van der Waals surface area contributed by atoms with E-state index in [4.69, 9.17) is 9.47 Å². The van der Waals surface area contributed by atoms with E-state index >= 15 is 0 Å². The Hall–Kier alpha value is -3.45. The number of halogens is 2. The second kappa shape index (κ2) is 12.0. The molecule has 1 N–H and O–H groups in total. The van der Waals surface area contributed by atoms with Crippen LogP contribution in [0.25, 0.3) is 0 Å². The van der Waals surface area contributed by atoms with Crippen LogP contribution < -0.4 is 14.9 Å². The second-order valence-electron chi connectivity index (χ2n) is 6.92. The molecule has 33 heavy (non-hydrogen) atoms. The first kappa shape index (κ1) is 24.2. The van der Waals surface area contributed by atoms with Crippen molar-refractivity contribution in [3.05, 3.63) is 92.3 Å². The molecule has 0 aromatic heterocycles. The molecule has 0 fully saturated rings. The van der Waals surface area contributed by atoms with Gasteiger partial charge in [-0.05, 0) is 71.0 Å². The number of nitrogens with zero attached hydrogens (tertiary/aromatic N) is 2. The summed E-state index contributed by atoms with van der Waals surface area (Å²) in [5.41, 5.74) is 5.23. The van der Waals surface area contributed by atoms with Crippen molar-refractivity contribution in [2.24, 2.45) is 5.10 Å². The maximum Gasteiger partial charge on any atom is 0.244 e. The molecule has 0 spiro atoms. The molecule has 1 amide bonds. The van der Waals surface area contributed by atoms with Gasteiger partial charge in [0, 0.05) is 5.56 Å². The predicted octanol–water partition coefficient (Wildman–Crippen LogP) is 4.97. The van der Waals surface area contributed by atoms with Gasteiger partial charge in [-0.2, -0.15) is 10.4 Å². The zero-order valence-corrected chi connectivity index (χ0v) is 20.0. The van der Waals surface area contributed by atoms with Crippen LogP contribution in [0.5, 0.6) is 11.5 Å². The van der Waals surface area contributed by atoms with Crippen LogP contribution in [0.1, 0.15) is 29.2 Å². The Morgan fingerprint density at radius 2 is 1.94 bits per heavy atom. The number of amides is 1. The lowest BCUT2D eigenvalue weighted by molar-refractivity contribution is -0.120. The molecule has 0 radical (unpaired) electrons. The number of hydrazone groups is 1. The maximum absolute atomic E-state index is 13.0. The average molecular weight is 557 g/mol. The third kappa shape index (κ3) is 7.02. The van der Waals surface area contributed by atoms with Gasteiger partial charge in [0.25, 0.3) is 0 Å². The number of hydrogen-bond acceptors (Lipinski definition) is 5. The maximum atomic E-state index is 13.0. The summed E-state index contributed by atoms with van der Waals surface area (Å²) < 4.78 is 25.5. The van der Waals surface area contributed by atoms with Gasteiger partial charge < -0.3 is 9.47 Å². The van der Waals surface area contributed by atoms with E-state index in [1.54, 1.807) is 24.3 Å². The molecule has 0 atom stereocenters. The van der Waals surface area contributed by atoms with Crippen LogP contribution in [0.3, 0.4) is 0 Å². The topological polar surface area (TPSA) is 83.7 Å². The standard InChI is InChI=1S/C25H21FIN3O3/c1-2-32-23-12-18(15-29-30-24(31)13-17-7-9-21(26)10-8-17)11-22(27)25(23)33-16-20-6-4-3-5-19(20)14-28/h3-12,15H,2,13,16H2,1H3,(H,30,31)/b29-15+. The second-order valence-corrected chi connectivity index (χ2v) is 8.08. The van der Waals surface area contributed by atoms with Crippen molar-refractivity contribution < 1.29 is 18.7 Å². The van der Waals surface area contributed by atoms with Gasteiger partial charge in [0.2, 0.25) is 5.91 Å². The SMILES string of the molecule is CCOc1cc(/C=N/NC(=O)Cc2ccc(F)cc2)cc(I)c1OCc1ccccc1C#N. The third-order valence-corrected chi connectivity index (χ3v) is 5.32. The van der Waals surface area contributed by atoms with Crippen molar-refractivity contribution in [3.63, 3.8) is 0 Å². The zero-order chi connectivity index (χ0) is 23.6. The number of nitrogens with one attached hydrogen (secondary N) is 1. The summed E-state index contributed by atoms with van der Waals surface area (Å²) in [5, 5.41) is 13.3. The van der Waals surface area contributed by atoms with Crippen molar-refractivity contribution in [3.8, 4) is 17.6 Å². The molecule has 0 aliphatic heterocycles. The molecule has 8 heteroatoms. The Bertz CT molecular complexity index is 1190. The van der Waals surface area contributed by atoms with Crippen LogP contribution in [0.2, 0.25) is 0 Å². The van der Waals surface area contributed by atoms with Gasteiger partial charge in [-0.15, -0.1) is 0 Å². The first-order chi connectivity index (χ1) is 16.0. The van der Waals surface area contributed by atoms with Gasteiger partial charge in [0.05, 0.1) is 34.4 Å². The summed E-state index contributed by atoms with van der Waals surface area (Å²) in [6.45, 7) is 2.54. The number of rotatable bonds is 9. The third-order valence-electron chi connectivity index (χ3n) is 4.52. The van der Waals surface area contributed by atoms with E-state index in [0.717, 1.165) is 14.7 Å². The zero-order valence-electron chi connectivity index (χ0n) is 17.8.